The first-order chi connectivity index (χ1) is 5.29. The fourth-order valence-corrected chi connectivity index (χ4v) is 1.67. The van der Waals surface area contributed by atoms with Gasteiger partial charge in [0.1, 0.15) is 0 Å². The SMILES string of the molecule is C=[C]c1cccc(CC)c1Br. The highest BCUT2D eigenvalue weighted by atomic mass is 79.9. The number of halogens is 1. The molecule has 1 aromatic rings. The fraction of sp³-hybridized carbons (Fsp3) is 0.200. The maximum Gasteiger partial charge on any atom is 0.0285 e. The van der Waals surface area contributed by atoms with Gasteiger partial charge in [0.05, 0.1) is 0 Å². The summed E-state index contributed by atoms with van der Waals surface area (Å²) in [6.45, 7) is 5.74. The van der Waals surface area contributed by atoms with E-state index in [1.807, 2.05) is 12.1 Å². The molecule has 11 heavy (non-hydrogen) atoms. The third-order valence-corrected chi connectivity index (χ3v) is 2.59. The second-order valence-corrected chi connectivity index (χ2v) is 3.10. The number of rotatable bonds is 2. The molecule has 0 aliphatic rings. The van der Waals surface area contributed by atoms with E-state index in [-0.39, 0.29) is 0 Å². The summed E-state index contributed by atoms with van der Waals surface area (Å²) < 4.78 is 1.12. The molecule has 0 aliphatic heterocycles. The Morgan fingerprint density at radius 1 is 1.55 bits per heavy atom. The van der Waals surface area contributed by atoms with Gasteiger partial charge < -0.3 is 0 Å². The zero-order chi connectivity index (χ0) is 8.27. The first-order valence-corrected chi connectivity index (χ1v) is 4.39. The van der Waals surface area contributed by atoms with Crippen LogP contribution in [-0.4, -0.2) is 0 Å². The summed E-state index contributed by atoms with van der Waals surface area (Å²) in [5.41, 5.74) is 2.35. The van der Waals surface area contributed by atoms with Crippen LogP contribution in [0.25, 0.3) is 0 Å². The second kappa shape index (κ2) is 3.72. The van der Waals surface area contributed by atoms with E-state index in [4.69, 9.17) is 0 Å². The van der Waals surface area contributed by atoms with Gasteiger partial charge in [-0.2, -0.15) is 0 Å². The van der Waals surface area contributed by atoms with Crippen molar-refractivity contribution in [2.75, 3.05) is 0 Å². The van der Waals surface area contributed by atoms with Crippen LogP contribution in [0.4, 0.5) is 0 Å². The molecule has 0 N–H and O–H groups in total. The highest BCUT2D eigenvalue weighted by Crippen LogP contribution is 2.21. The van der Waals surface area contributed by atoms with Crippen molar-refractivity contribution >= 4 is 15.9 Å². The van der Waals surface area contributed by atoms with Gasteiger partial charge in [0.15, 0.2) is 0 Å². The smallest absolute Gasteiger partial charge is 0.0285 e. The van der Waals surface area contributed by atoms with Crippen LogP contribution >= 0.6 is 15.9 Å². The molecule has 0 fully saturated rings. The van der Waals surface area contributed by atoms with E-state index in [0.29, 0.717) is 0 Å². The van der Waals surface area contributed by atoms with Crippen LogP contribution in [0.1, 0.15) is 18.1 Å². The minimum atomic E-state index is 1.04. The van der Waals surface area contributed by atoms with Gasteiger partial charge in [-0.3, -0.25) is 0 Å². The minimum Gasteiger partial charge on any atom is -0.0905 e. The largest absolute Gasteiger partial charge is 0.0905 e. The van der Waals surface area contributed by atoms with Crippen LogP contribution in [0.15, 0.2) is 29.3 Å². The van der Waals surface area contributed by atoms with Crippen molar-refractivity contribution in [3.05, 3.63) is 46.5 Å². The zero-order valence-corrected chi connectivity index (χ0v) is 8.11. The lowest BCUT2D eigenvalue weighted by Crippen LogP contribution is -1.85. The van der Waals surface area contributed by atoms with Gasteiger partial charge in [-0.15, -0.1) is 0 Å². The van der Waals surface area contributed by atoms with Crippen LogP contribution in [-0.2, 0) is 6.42 Å². The monoisotopic (exact) mass is 209 g/mol. The Morgan fingerprint density at radius 2 is 2.27 bits per heavy atom. The van der Waals surface area contributed by atoms with Crippen molar-refractivity contribution in [3.8, 4) is 0 Å². The molecule has 1 radical (unpaired) electrons. The van der Waals surface area contributed by atoms with E-state index in [2.05, 4.69) is 41.6 Å². The molecule has 1 aromatic carbocycles. The van der Waals surface area contributed by atoms with Gasteiger partial charge in [-0.1, -0.05) is 31.7 Å². The average Bonchev–Trinajstić information content (AvgIpc) is 2.05. The van der Waals surface area contributed by atoms with E-state index >= 15 is 0 Å². The van der Waals surface area contributed by atoms with Crippen LogP contribution < -0.4 is 0 Å². The Bertz CT molecular complexity index is 264. The zero-order valence-electron chi connectivity index (χ0n) is 6.52. The molecule has 0 amide bonds. The molecule has 57 valence electrons. The van der Waals surface area contributed by atoms with Crippen molar-refractivity contribution in [1.29, 1.82) is 0 Å². The van der Waals surface area contributed by atoms with Crippen molar-refractivity contribution in [2.45, 2.75) is 13.3 Å². The van der Waals surface area contributed by atoms with Gasteiger partial charge in [-0.25, -0.2) is 0 Å². The fourth-order valence-electron chi connectivity index (χ4n) is 0.989. The second-order valence-electron chi connectivity index (χ2n) is 2.31. The standard InChI is InChI=1S/C10H10Br/c1-3-8-6-5-7-9(4-2)10(8)11/h5-7H,1,4H2,2H3. The Hall–Kier alpha value is -0.560. The summed E-state index contributed by atoms with van der Waals surface area (Å²) in [6, 6.07) is 6.12. The van der Waals surface area contributed by atoms with Gasteiger partial charge >= 0.3 is 0 Å². The number of hydrogen-bond donors (Lipinski definition) is 0. The van der Waals surface area contributed by atoms with Gasteiger partial charge in [0.25, 0.3) is 0 Å². The van der Waals surface area contributed by atoms with Crippen LogP contribution in [0.3, 0.4) is 0 Å². The molecule has 0 aromatic heterocycles. The first kappa shape index (κ1) is 8.54. The van der Waals surface area contributed by atoms with Crippen LogP contribution in [0.2, 0.25) is 0 Å². The molecular formula is C10H10Br. The van der Waals surface area contributed by atoms with Gasteiger partial charge in [0.2, 0.25) is 0 Å². The van der Waals surface area contributed by atoms with E-state index in [1.165, 1.54) is 5.56 Å². The number of aryl methyl sites for hydroxylation is 1. The van der Waals surface area contributed by atoms with E-state index in [0.717, 1.165) is 16.5 Å². The number of hydrogen-bond acceptors (Lipinski definition) is 0. The first-order valence-electron chi connectivity index (χ1n) is 3.60. The van der Waals surface area contributed by atoms with Gasteiger partial charge in [0, 0.05) is 4.47 Å². The predicted molar refractivity (Wildman–Crippen MR) is 51.5 cm³/mol. The Labute approximate surface area is 76.1 Å². The lowest BCUT2D eigenvalue weighted by Gasteiger charge is -2.02. The van der Waals surface area contributed by atoms with Gasteiger partial charge in [-0.05, 0) is 39.6 Å². The third-order valence-electron chi connectivity index (χ3n) is 1.65. The van der Waals surface area contributed by atoms with E-state index in [1.54, 1.807) is 0 Å². The molecule has 1 rings (SSSR count). The normalized spacial score (nSPS) is 9.64. The molecule has 0 spiro atoms. The molecule has 0 nitrogen and oxygen atoms in total. The highest BCUT2D eigenvalue weighted by Gasteiger charge is 1.99. The molecule has 0 bridgehead atoms. The quantitative estimate of drug-likeness (QED) is 0.702. The maximum atomic E-state index is 3.61. The maximum absolute atomic E-state index is 3.61. The molecule has 0 atom stereocenters. The number of benzene rings is 1. The van der Waals surface area contributed by atoms with Crippen molar-refractivity contribution < 1.29 is 0 Å². The van der Waals surface area contributed by atoms with Crippen molar-refractivity contribution in [3.63, 3.8) is 0 Å². The lowest BCUT2D eigenvalue weighted by molar-refractivity contribution is 1.12. The summed E-state index contributed by atoms with van der Waals surface area (Å²) in [6.07, 6.45) is 3.91. The average molecular weight is 210 g/mol. The topological polar surface area (TPSA) is 0 Å². The summed E-state index contributed by atoms with van der Waals surface area (Å²) >= 11 is 3.50. The van der Waals surface area contributed by atoms with Crippen LogP contribution in [0.5, 0.6) is 0 Å². The molecule has 0 saturated carbocycles. The molecular weight excluding hydrogens is 200 g/mol. The third kappa shape index (κ3) is 1.72. The van der Waals surface area contributed by atoms with E-state index in [9.17, 15) is 0 Å². The summed E-state index contributed by atoms with van der Waals surface area (Å²) in [5, 5.41) is 0. The summed E-state index contributed by atoms with van der Waals surface area (Å²) in [5.74, 6) is 0. The Morgan fingerprint density at radius 3 is 2.82 bits per heavy atom. The van der Waals surface area contributed by atoms with Crippen molar-refractivity contribution in [2.24, 2.45) is 0 Å². The Balaban J connectivity index is 3.20. The molecule has 0 unspecified atom stereocenters. The molecule has 0 saturated heterocycles. The predicted octanol–water partition coefficient (Wildman–Crippen LogP) is 3.35. The van der Waals surface area contributed by atoms with E-state index < -0.39 is 0 Å². The Kier molecular flexibility index (Phi) is 2.89. The molecule has 1 heteroatoms. The van der Waals surface area contributed by atoms with Crippen molar-refractivity contribution in [1.82, 2.24) is 0 Å². The molecule has 0 aliphatic carbocycles. The summed E-state index contributed by atoms with van der Waals surface area (Å²) in [7, 11) is 0. The molecule has 0 heterocycles. The lowest BCUT2D eigenvalue weighted by atomic mass is 10.1. The highest BCUT2D eigenvalue weighted by molar-refractivity contribution is 9.10. The summed E-state index contributed by atoms with van der Waals surface area (Å²) in [4.78, 5) is 0. The van der Waals surface area contributed by atoms with Crippen LogP contribution in [0, 0.1) is 6.08 Å². The minimum absolute atomic E-state index is 1.04.